The van der Waals surface area contributed by atoms with E-state index in [0.29, 0.717) is 11.1 Å². The first-order valence-corrected chi connectivity index (χ1v) is 10.5. The third-order valence-electron chi connectivity index (χ3n) is 5.51. The molecule has 0 unspecified atom stereocenters. The molecule has 4 aromatic rings. The first-order valence-electron chi connectivity index (χ1n) is 10.1. The highest BCUT2D eigenvalue weighted by Gasteiger charge is 2.31. The van der Waals surface area contributed by atoms with Gasteiger partial charge in [-0.1, -0.05) is 48.0 Å². The van der Waals surface area contributed by atoms with Crippen LogP contribution >= 0.6 is 11.6 Å². The lowest BCUT2D eigenvalue weighted by molar-refractivity contribution is -0.140. The van der Waals surface area contributed by atoms with Crippen LogP contribution in [0.3, 0.4) is 0 Å². The van der Waals surface area contributed by atoms with Crippen LogP contribution in [0.5, 0.6) is 23.0 Å². The van der Waals surface area contributed by atoms with Gasteiger partial charge in [0.05, 0.1) is 18.6 Å². The topological polar surface area (TPSA) is 137 Å². The molecule has 174 valence electrons. The highest BCUT2D eigenvalue weighted by Crippen LogP contribution is 2.49. The standard InChI is InChI=1S/C25H19ClO8/c1-33-19(29)10-14(13-7-8-16(27)15(26)9-13)20-22(30)24(32)23(31)21-17(28)11-18(34-25(20)21)12-5-3-2-4-6-12/h2-9,11,14,27,30-32H,10H2,1H3/t14-/m1/s1. The maximum atomic E-state index is 13.0. The molecule has 0 fully saturated rings. The Balaban J connectivity index is 2.10. The highest BCUT2D eigenvalue weighted by atomic mass is 35.5. The Kier molecular flexibility index (Phi) is 6.08. The molecule has 1 aromatic heterocycles. The molecular weight excluding hydrogens is 464 g/mol. The lowest BCUT2D eigenvalue weighted by atomic mass is 9.86. The fourth-order valence-electron chi connectivity index (χ4n) is 3.82. The molecule has 0 aliphatic rings. The molecule has 1 atom stereocenters. The molecule has 4 rings (SSSR count). The van der Waals surface area contributed by atoms with Crippen LogP contribution < -0.4 is 5.43 Å². The zero-order chi connectivity index (χ0) is 24.6. The van der Waals surface area contributed by atoms with Gasteiger partial charge in [0.2, 0.25) is 5.75 Å². The van der Waals surface area contributed by atoms with Gasteiger partial charge in [0, 0.05) is 23.1 Å². The molecule has 0 amide bonds. The lowest BCUT2D eigenvalue weighted by Crippen LogP contribution is -2.12. The third kappa shape index (κ3) is 3.99. The van der Waals surface area contributed by atoms with Crippen LogP contribution in [0.2, 0.25) is 5.02 Å². The lowest BCUT2D eigenvalue weighted by Gasteiger charge is -2.21. The Labute approximate surface area is 197 Å². The van der Waals surface area contributed by atoms with Crippen molar-refractivity contribution in [1.82, 2.24) is 0 Å². The van der Waals surface area contributed by atoms with E-state index < -0.39 is 34.6 Å². The van der Waals surface area contributed by atoms with Crippen molar-refractivity contribution in [3.63, 3.8) is 0 Å². The second-order valence-corrected chi connectivity index (χ2v) is 7.96. The molecule has 9 heteroatoms. The van der Waals surface area contributed by atoms with E-state index in [0.717, 1.165) is 6.07 Å². The van der Waals surface area contributed by atoms with E-state index in [2.05, 4.69) is 0 Å². The molecule has 0 saturated heterocycles. The van der Waals surface area contributed by atoms with Crippen molar-refractivity contribution in [2.24, 2.45) is 0 Å². The maximum Gasteiger partial charge on any atom is 0.306 e. The Morgan fingerprint density at radius 2 is 1.71 bits per heavy atom. The predicted molar refractivity (Wildman–Crippen MR) is 125 cm³/mol. The molecule has 0 radical (unpaired) electrons. The van der Waals surface area contributed by atoms with Gasteiger partial charge in [0.15, 0.2) is 16.9 Å². The number of fused-ring (bicyclic) bond motifs is 1. The number of hydrogen-bond acceptors (Lipinski definition) is 8. The summed E-state index contributed by atoms with van der Waals surface area (Å²) < 4.78 is 10.8. The van der Waals surface area contributed by atoms with Crippen molar-refractivity contribution in [3.05, 3.63) is 81.0 Å². The highest BCUT2D eigenvalue weighted by molar-refractivity contribution is 6.32. The van der Waals surface area contributed by atoms with Crippen LogP contribution in [0.4, 0.5) is 0 Å². The molecule has 0 aliphatic heterocycles. The monoisotopic (exact) mass is 482 g/mol. The fraction of sp³-hybridized carbons (Fsp3) is 0.120. The number of aromatic hydroxyl groups is 4. The minimum atomic E-state index is -1.03. The van der Waals surface area contributed by atoms with Crippen LogP contribution in [-0.2, 0) is 9.53 Å². The fourth-order valence-corrected chi connectivity index (χ4v) is 4.01. The number of phenols is 4. The van der Waals surface area contributed by atoms with E-state index in [1.54, 1.807) is 30.3 Å². The second kappa shape index (κ2) is 8.99. The summed E-state index contributed by atoms with van der Waals surface area (Å²) in [6, 6.07) is 14.0. The number of methoxy groups -OCH3 is 1. The smallest absolute Gasteiger partial charge is 0.306 e. The van der Waals surface area contributed by atoms with Gasteiger partial charge >= 0.3 is 5.97 Å². The van der Waals surface area contributed by atoms with E-state index in [1.165, 1.54) is 25.3 Å². The molecule has 34 heavy (non-hydrogen) atoms. The zero-order valence-electron chi connectivity index (χ0n) is 17.8. The number of rotatable bonds is 5. The summed E-state index contributed by atoms with van der Waals surface area (Å²) in [5.74, 6) is -4.35. The summed E-state index contributed by atoms with van der Waals surface area (Å²) in [7, 11) is 1.18. The number of carbonyl (C=O) groups is 1. The van der Waals surface area contributed by atoms with Gasteiger partial charge in [0.1, 0.15) is 22.5 Å². The van der Waals surface area contributed by atoms with Crippen LogP contribution in [0.15, 0.2) is 63.8 Å². The third-order valence-corrected chi connectivity index (χ3v) is 5.81. The SMILES string of the molecule is COC(=O)C[C@H](c1ccc(O)c(Cl)c1)c1c(O)c(O)c(O)c2c(=O)cc(-c3ccccc3)oc12. The van der Waals surface area contributed by atoms with Gasteiger partial charge < -0.3 is 29.6 Å². The van der Waals surface area contributed by atoms with Crippen LogP contribution in [0.1, 0.15) is 23.5 Å². The van der Waals surface area contributed by atoms with E-state index in [-0.39, 0.29) is 39.5 Å². The van der Waals surface area contributed by atoms with Crippen LogP contribution in [0.25, 0.3) is 22.3 Å². The average molecular weight is 483 g/mol. The van der Waals surface area contributed by atoms with Gasteiger partial charge in [-0.05, 0) is 17.7 Å². The van der Waals surface area contributed by atoms with Crippen molar-refractivity contribution in [1.29, 1.82) is 0 Å². The molecule has 3 aromatic carbocycles. The molecule has 0 spiro atoms. The van der Waals surface area contributed by atoms with Crippen molar-refractivity contribution in [2.75, 3.05) is 7.11 Å². The van der Waals surface area contributed by atoms with Crippen molar-refractivity contribution in [2.45, 2.75) is 12.3 Å². The number of hydrogen-bond donors (Lipinski definition) is 4. The largest absolute Gasteiger partial charge is 0.506 e. The van der Waals surface area contributed by atoms with E-state index in [9.17, 15) is 30.0 Å². The number of ether oxygens (including phenoxy) is 1. The van der Waals surface area contributed by atoms with Gasteiger partial charge in [-0.15, -0.1) is 0 Å². The Bertz CT molecular complexity index is 1460. The number of phenolic OH excluding ortho intramolecular Hbond substituents is 4. The van der Waals surface area contributed by atoms with Crippen LogP contribution in [-0.4, -0.2) is 33.5 Å². The number of carbonyl (C=O) groups excluding carboxylic acids is 1. The first kappa shape index (κ1) is 23.0. The average Bonchev–Trinajstić information content (AvgIpc) is 2.83. The maximum absolute atomic E-state index is 13.0. The van der Waals surface area contributed by atoms with Crippen molar-refractivity contribution < 1.29 is 34.4 Å². The normalized spacial score (nSPS) is 11.9. The van der Waals surface area contributed by atoms with E-state index in [1.807, 2.05) is 0 Å². The number of esters is 1. The summed E-state index contributed by atoms with van der Waals surface area (Å²) in [5.41, 5.74) is -0.126. The molecule has 4 N–H and O–H groups in total. The van der Waals surface area contributed by atoms with Gasteiger partial charge in [-0.25, -0.2) is 0 Å². The predicted octanol–water partition coefficient (Wildman–Crippen LogP) is 4.63. The molecule has 0 saturated carbocycles. The number of halogens is 1. The molecule has 1 heterocycles. The quantitative estimate of drug-likeness (QED) is 0.238. The molecule has 0 aliphatic carbocycles. The van der Waals surface area contributed by atoms with Gasteiger partial charge in [-0.3, -0.25) is 9.59 Å². The summed E-state index contributed by atoms with van der Waals surface area (Å²) >= 11 is 6.07. The second-order valence-electron chi connectivity index (χ2n) is 7.55. The minimum absolute atomic E-state index is 0.0226. The Hall–Kier alpha value is -4.17. The van der Waals surface area contributed by atoms with E-state index >= 15 is 0 Å². The molecule has 0 bridgehead atoms. The van der Waals surface area contributed by atoms with Crippen molar-refractivity contribution in [3.8, 4) is 34.3 Å². The molecule has 8 nitrogen and oxygen atoms in total. The van der Waals surface area contributed by atoms with Crippen LogP contribution in [0, 0.1) is 0 Å². The van der Waals surface area contributed by atoms with Crippen molar-refractivity contribution >= 4 is 28.5 Å². The Morgan fingerprint density at radius 3 is 2.35 bits per heavy atom. The Morgan fingerprint density at radius 1 is 1.00 bits per heavy atom. The zero-order valence-corrected chi connectivity index (χ0v) is 18.5. The van der Waals surface area contributed by atoms with E-state index in [4.69, 9.17) is 20.8 Å². The summed E-state index contributed by atoms with van der Waals surface area (Å²) in [6.45, 7) is 0. The summed E-state index contributed by atoms with van der Waals surface area (Å²) in [5, 5.41) is 41.2. The molecular formula is C25H19ClO8. The van der Waals surface area contributed by atoms with Gasteiger partial charge in [0.25, 0.3) is 0 Å². The number of benzene rings is 3. The minimum Gasteiger partial charge on any atom is -0.506 e. The first-order chi connectivity index (χ1) is 16.2. The van der Waals surface area contributed by atoms with Gasteiger partial charge in [-0.2, -0.15) is 0 Å². The summed E-state index contributed by atoms with van der Waals surface area (Å²) in [4.78, 5) is 25.3. The summed E-state index contributed by atoms with van der Waals surface area (Å²) in [6.07, 6.45) is -0.343.